The summed E-state index contributed by atoms with van der Waals surface area (Å²) < 4.78 is 0. The molecule has 0 bridgehead atoms. The zero-order valence-corrected chi connectivity index (χ0v) is 37.4. The van der Waals surface area contributed by atoms with E-state index in [9.17, 15) is 0 Å². The molecule has 0 radical (unpaired) electrons. The van der Waals surface area contributed by atoms with Gasteiger partial charge in [-0.3, -0.25) is 0 Å². The molecule has 50 heavy (non-hydrogen) atoms. The lowest BCUT2D eigenvalue weighted by Crippen LogP contribution is -2.01. The minimum Gasteiger partial charge on any atom is -0.0975 e. The smallest absolute Gasteiger partial charge is 0.0235 e. The number of unbranched alkanes of at least 4 members (excludes halogenated alkanes) is 39. The van der Waals surface area contributed by atoms with E-state index < -0.39 is 6.04 Å². The molecule has 0 saturated heterocycles. The molecule has 0 aromatic carbocycles. The maximum absolute atomic E-state index is 6.59. The molecule has 0 aromatic rings. The van der Waals surface area contributed by atoms with Gasteiger partial charge in [0.15, 0.2) is 0 Å². The third-order valence-corrected chi connectivity index (χ3v) is 16.8. The molecule has 0 aliphatic carbocycles. The maximum atomic E-state index is 6.59. The van der Waals surface area contributed by atoms with Gasteiger partial charge in [0.2, 0.25) is 0 Å². The van der Waals surface area contributed by atoms with Gasteiger partial charge in [0.25, 0.3) is 0 Å². The van der Waals surface area contributed by atoms with Gasteiger partial charge in [-0.25, -0.2) is 0 Å². The highest BCUT2D eigenvalue weighted by atomic mass is 32.4. The Hall–Kier alpha value is 0.650. The van der Waals surface area contributed by atoms with Gasteiger partial charge in [0, 0.05) is 0 Å². The van der Waals surface area contributed by atoms with Gasteiger partial charge in [-0.15, -0.1) is 0 Å². The van der Waals surface area contributed by atoms with Crippen LogP contribution in [0.4, 0.5) is 0 Å². The van der Waals surface area contributed by atoms with Gasteiger partial charge in [-0.05, 0) is 43.8 Å². The van der Waals surface area contributed by atoms with Crippen LogP contribution in [-0.4, -0.2) is 18.5 Å². The molecule has 0 atom stereocenters. The Labute approximate surface area is 325 Å². The van der Waals surface area contributed by atoms with E-state index >= 15 is 0 Å². The van der Waals surface area contributed by atoms with Crippen molar-refractivity contribution in [1.29, 1.82) is 0 Å². The summed E-state index contributed by atoms with van der Waals surface area (Å²) in [6.45, 7) is 6.95. The van der Waals surface area contributed by atoms with Crippen LogP contribution in [0.25, 0.3) is 0 Å². The number of hydrogen-bond acceptors (Lipinski definition) is 1. The molecular formula is C48H99PS. The highest BCUT2D eigenvalue weighted by Gasteiger charge is 2.16. The first-order chi connectivity index (χ1) is 24.7. The molecule has 0 heterocycles. The van der Waals surface area contributed by atoms with Crippen molar-refractivity contribution in [3.8, 4) is 0 Å². The summed E-state index contributed by atoms with van der Waals surface area (Å²) >= 11 is 6.59. The van der Waals surface area contributed by atoms with E-state index in [0.29, 0.717) is 0 Å². The molecule has 0 unspecified atom stereocenters. The van der Waals surface area contributed by atoms with Crippen LogP contribution in [0.1, 0.15) is 290 Å². The Morgan fingerprint density at radius 2 is 0.320 bits per heavy atom. The molecule has 0 aliphatic rings. The summed E-state index contributed by atoms with van der Waals surface area (Å²) in [4.78, 5) is 0. The standard InChI is InChI=1S/C48H99PS/c1-4-7-10-13-16-19-22-25-28-31-34-37-40-43-46-49(50,47-44-41-38-35-32-29-26-23-20-17-14-11-8-5-2)48-45-42-39-36-33-30-27-24-21-18-15-12-9-6-3/h4-48H2,1-3H3. The van der Waals surface area contributed by atoms with Gasteiger partial charge >= 0.3 is 0 Å². The Morgan fingerprint density at radius 1 is 0.200 bits per heavy atom. The van der Waals surface area contributed by atoms with Crippen molar-refractivity contribution in [3.63, 3.8) is 0 Å². The fourth-order valence-electron chi connectivity index (χ4n) is 8.12. The zero-order valence-electron chi connectivity index (χ0n) is 35.7. The topological polar surface area (TPSA) is 0 Å². The first kappa shape index (κ1) is 50.6. The fourth-order valence-corrected chi connectivity index (χ4v) is 12.4. The van der Waals surface area contributed by atoms with Crippen molar-refractivity contribution in [2.24, 2.45) is 0 Å². The second-order valence-electron chi connectivity index (χ2n) is 17.0. The molecule has 2 heteroatoms. The van der Waals surface area contributed by atoms with Crippen LogP contribution in [-0.2, 0) is 11.8 Å². The van der Waals surface area contributed by atoms with Crippen molar-refractivity contribution in [3.05, 3.63) is 0 Å². The molecule has 0 N–H and O–H groups in total. The monoisotopic (exact) mass is 739 g/mol. The molecule has 0 aliphatic heterocycles. The van der Waals surface area contributed by atoms with Crippen LogP contribution in [0.2, 0.25) is 0 Å². The molecule has 0 rings (SSSR count). The lowest BCUT2D eigenvalue weighted by atomic mass is 10.0. The quantitative estimate of drug-likeness (QED) is 0.0443. The molecule has 0 fully saturated rings. The molecule has 0 saturated carbocycles. The predicted molar refractivity (Wildman–Crippen MR) is 240 cm³/mol. The van der Waals surface area contributed by atoms with Crippen LogP contribution >= 0.6 is 6.04 Å². The summed E-state index contributed by atoms with van der Waals surface area (Å²) in [5.74, 6) is 0. The number of rotatable bonds is 45. The van der Waals surface area contributed by atoms with Crippen LogP contribution in [0, 0.1) is 0 Å². The third-order valence-electron chi connectivity index (χ3n) is 11.8. The van der Waals surface area contributed by atoms with Gasteiger partial charge in [-0.2, -0.15) is 0 Å². The van der Waals surface area contributed by atoms with E-state index in [1.807, 2.05) is 0 Å². The Kier molecular flexibility index (Phi) is 44.6. The van der Waals surface area contributed by atoms with Crippen LogP contribution in [0.3, 0.4) is 0 Å². The lowest BCUT2D eigenvalue weighted by Gasteiger charge is -2.22. The van der Waals surface area contributed by atoms with Crippen molar-refractivity contribution >= 4 is 17.8 Å². The number of hydrogen-bond donors (Lipinski definition) is 0. The van der Waals surface area contributed by atoms with Crippen molar-refractivity contribution in [2.45, 2.75) is 290 Å². The molecule has 0 spiro atoms. The predicted octanol–water partition coefficient (Wildman–Crippen LogP) is 18.9. The Balaban J connectivity index is 4.08. The molecule has 0 aromatic heterocycles. The summed E-state index contributed by atoms with van der Waals surface area (Å²) in [7, 11) is 0. The summed E-state index contributed by atoms with van der Waals surface area (Å²) in [5.41, 5.74) is 0. The summed E-state index contributed by atoms with van der Waals surface area (Å²) in [5, 5.41) is 0. The third kappa shape index (κ3) is 41.4. The van der Waals surface area contributed by atoms with Crippen molar-refractivity contribution in [1.82, 2.24) is 0 Å². The van der Waals surface area contributed by atoms with Crippen LogP contribution < -0.4 is 0 Å². The maximum Gasteiger partial charge on any atom is -0.0235 e. The normalized spacial score (nSPS) is 12.0. The first-order valence-corrected chi connectivity index (χ1v) is 27.6. The van der Waals surface area contributed by atoms with Gasteiger partial charge in [-0.1, -0.05) is 283 Å². The average molecular weight is 739 g/mol. The lowest BCUT2D eigenvalue weighted by molar-refractivity contribution is 0.537. The molecule has 0 nitrogen and oxygen atoms in total. The zero-order chi connectivity index (χ0) is 36.3. The van der Waals surface area contributed by atoms with Crippen LogP contribution in [0.15, 0.2) is 0 Å². The van der Waals surface area contributed by atoms with E-state index in [1.54, 1.807) is 0 Å². The minimum atomic E-state index is -1.14. The Bertz CT molecular complexity index is 558. The van der Waals surface area contributed by atoms with Crippen molar-refractivity contribution < 1.29 is 0 Å². The van der Waals surface area contributed by atoms with E-state index in [4.69, 9.17) is 11.8 Å². The van der Waals surface area contributed by atoms with E-state index in [0.717, 1.165) is 0 Å². The molecule has 0 amide bonds. The largest absolute Gasteiger partial charge is 0.0975 e. The second kappa shape index (κ2) is 44.0. The summed E-state index contributed by atoms with van der Waals surface area (Å²) in [6, 6.07) is -1.14. The van der Waals surface area contributed by atoms with E-state index in [-0.39, 0.29) is 0 Å². The minimum absolute atomic E-state index is 1.14. The second-order valence-corrected chi connectivity index (χ2v) is 22.8. The first-order valence-electron chi connectivity index (χ1n) is 24.3. The van der Waals surface area contributed by atoms with Crippen molar-refractivity contribution in [2.75, 3.05) is 18.5 Å². The van der Waals surface area contributed by atoms with Gasteiger partial charge in [0.1, 0.15) is 0 Å². The van der Waals surface area contributed by atoms with Gasteiger partial charge < -0.3 is 0 Å². The highest BCUT2D eigenvalue weighted by molar-refractivity contribution is 8.14. The Morgan fingerprint density at radius 3 is 0.460 bits per heavy atom. The highest BCUT2D eigenvalue weighted by Crippen LogP contribution is 2.49. The SMILES string of the molecule is CCCCCCCCCCCCCCCCP(=S)(CCCCCCCCCCCCCCCC)CCCCCCCCCCCCCCCC. The van der Waals surface area contributed by atoms with Crippen LogP contribution in [0.5, 0.6) is 0 Å². The van der Waals surface area contributed by atoms with Gasteiger partial charge in [0.05, 0.1) is 0 Å². The fraction of sp³-hybridized carbons (Fsp3) is 1.00. The van der Waals surface area contributed by atoms with E-state index in [1.165, 1.54) is 288 Å². The molecular weight excluding hydrogens is 640 g/mol. The average Bonchev–Trinajstić information content (AvgIpc) is 3.12. The summed E-state index contributed by atoms with van der Waals surface area (Å²) in [6.07, 6.45) is 65.6. The molecule has 302 valence electrons. The van der Waals surface area contributed by atoms with E-state index in [2.05, 4.69) is 20.8 Å².